The molecule has 0 spiro atoms. The van der Waals surface area contributed by atoms with Gasteiger partial charge >= 0.3 is 0 Å². The molecule has 1 aromatic carbocycles. The maximum absolute atomic E-state index is 10.7. The zero-order valence-electron chi connectivity index (χ0n) is 8.32. The van der Waals surface area contributed by atoms with Crippen LogP contribution in [0.1, 0.15) is 5.56 Å². The van der Waals surface area contributed by atoms with E-state index in [4.69, 9.17) is 0 Å². The highest BCUT2D eigenvalue weighted by Gasteiger charge is 2.04. The molecular weight excluding hydrogens is 234 g/mol. The molecule has 7 nitrogen and oxygen atoms in total. The van der Waals surface area contributed by atoms with Crippen LogP contribution in [0.15, 0.2) is 29.4 Å². The Morgan fingerprint density at radius 3 is 2.75 bits per heavy atom. The van der Waals surface area contributed by atoms with Gasteiger partial charge in [0.05, 0.1) is 17.4 Å². The molecule has 1 aromatic rings. The minimum atomic E-state index is -3.40. The molecule has 0 amide bonds. The second-order valence-electron chi connectivity index (χ2n) is 2.97. The lowest BCUT2D eigenvalue weighted by molar-refractivity contribution is -0.384. The lowest BCUT2D eigenvalue weighted by Crippen LogP contribution is -2.15. The Hall–Kier alpha value is -1.96. The lowest BCUT2D eigenvalue weighted by atomic mass is 10.2. The maximum Gasteiger partial charge on any atom is 0.270 e. The zero-order valence-corrected chi connectivity index (χ0v) is 9.14. The molecule has 0 fully saturated rings. The summed E-state index contributed by atoms with van der Waals surface area (Å²) < 4.78 is 21.3. The highest BCUT2D eigenvalue weighted by Crippen LogP contribution is 2.11. The van der Waals surface area contributed by atoms with Gasteiger partial charge in [-0.1, -0.05) is 12.1 Å². The number of benzene rings is 1. The number of hydrazone groups is 1. The summed E-state index contributed by atoms with van der Waals surface area (Å²) in [4.78, 5) is 11.8. The number of rotatable bonds is 4. The molecule has 86 valence electrons. The van der Waals surface area contributed by atoms with Crippen molar-refractivity contribution in [1.29, 1.82) is 0 Å². The van der Waals surface area contributed by atoms with E-state index >= 15 is 0 Å². The van der Waals surface area contributed by atoms with Crippen LogP contribution < -0.4 is 4.83 Å². The number of nitro groups is 1. The first kappa shape index (κ1) is 12.1. The number of nitrogens with zero attached hydrogens (tertiary/aromatic N) is 2. The Kier molecular flexibility index (Phi) is 3.56. The van der Waals surface area contributed by atoms with E-state index < -0.39 is 14.9 Å². The van der Waals surface area contributed by atoms with Crippen LogP contribution in [-0.2, 0) is 10.0 Å². The molecule has 0 bridgehead atoms. The van der Waals surface area contributed by atoms with Gasteiger partial charge in [0.25, 0.3) is 5.69 Å². The Bertz CT molecular complexity index is 524. The van der Waals surface area contributed by atoms with Gasteiger partial charge in [-0.05, 0) is 0 Å². The van der Waals surface area contributed by atoms with E-state index in [-0.39, 0.29) is 5.69 Å². The van der Waals surface area contributed by atoms with Crippen molar-refractivity contribution in [2.75, 3.05) is 6.26 Å². The van der Waals surface area contributed by atoms with Gasteiger partial charge in [0.2, 0.25) is 10.0 Å². The normalized spacial score (nSPS) is 11.6. The van der Waals surface area contributed by atoms with Crippen molar-refractivity contribution in [3.05, 3.63) is 39.9 Å². The predicted molar refractivity (Wildman–Crippen MR) is 58.7 cm³/mol. The zero-order chi connectivity index (χ0) is 12.2. The Balaban J connectivity index is 2.82. The topological polar surface area (TPSA) is 102 Å². The minimum Gasteiger partial charge on any atom is -0.258 e. The van der Waals surface area contributed by atoms with Gasteiger partial charge in [-0.25, -0.2) is 13.2 Å². The second kappa shape index (κ2) is 4.71. The van der Waals surface area contributed by atoms with Gasteiger partial charge in [0.15, 0.2) is 0 Å². The summed E-state index contributed by atoms with van der Waals surface area (Å²) in [5.41, 5.74) is 0.355. The standard InChI is InChI=1S/C8H9N3O4S/c1-16(14,15)10-9-6-7-3-2-4-8(5-7)11(12)13/h2-6,10H,1H3. The predicted octanol–water partition coefficient (Wildman–Crippen LogP) is 0.478. The fourth-order valence-electron chi connectivity index (χ4n) is 0.915. The maximum atomic E-state index is 10.7. The fraction of sp³-hybridized carbons (Fsp3) is 0.125. The quantitative estimate of drug-likeness (QED) is 0.472. The second-order valence-corrected chi connectivity index (χ2v) is 4.70. The van der Waals surface area contributed by atoms with Crippen molar-refractivity contribution in [3.63, 3.8) is 0 Å². The van der Waals surface area contributed by atoms with Crippen molar-refractivity contribution in [2.24, 2.45) is 5.10 Å². The van der Waals surface area contributed by atoms with E-state index in [0.29, 0.717) is 5.56 Å². The molecule has 0 radical (unpaired) electrons. The molecule has 0 atom stereocenters. The van der Waals surface area contributed by atoms with Crippen molar-refractivity contribution >= 4 is 21.9 Å². The first-order valence-corrected chi connectivity index (χ1v) is 6.02. The number of hydrogen-bond acceptors (Lipinski definition) is 5. The van der Waals surface area contributed by atoms with Crippen LogP contribution in [-0.4, -0.2) is 25.8 Å². The van der Waals surface area contributed by atoms with Crippen LogP contribution in [0.4, 0.5) is 5.69 Å². The molecule has 16 heavy (non-hydrogen) atoms. The molecule has 0 saturated heterocycles. The van der Waals surface area contributed by atoms with Crippen molar-refractivity contribution < 1.29 is 13.3 Å². The summed E-state index contributed by atoms with van der Waals surface area (Å²) in [7, 11) is -3.40. The van der Waals surface area contributed by atoms with Crippen LogP contribution in [0, 0.1) is 10.1 Å². The summed E-state index contributed by atoms with van der Waals surface area (Å²) in [6.45, 7) is 0. The molecule has 0 unspecified atom stereocenters. The van der Waals surface area contributed by atoms with Crippen LogP contribution in [0.2, 0.25) is 0 Å². The van der Waals surface area contributed by atoms with E-state index in [1.807, 2.05) is 4.83 Å². The van der Waals surface area contributed by atoms with Gasteiger partial charge in [0, 0.05) is 17.7 Å². The third-order valence-electron chi connectivity index (χ3n) is 1.51. The van der Waals surface area contributed by atoms with E-state index in [1.54, 1.807) is 6.07 Å². The molecule has 0 saturated carbocycles. The molecule has 0 heterocycles. The van der Waals surface area contributed by atoms with E-state index in [1.165, 1.54) is 24.4 Å². The first-order valence-electron chi connectivity index (χ1n) is 4.13. The monoisotopic (exact) mass is 243 g/mol. The molecule has 0 aliphatic rings. The molecular formula is C8H9N3O4S. The number of nitrogens with one attached hydrogen (secondary N) is 1. The van der Waals surface area contributed by atoms with Gasteiger partial charge < -0.3 is 0 Å². The summed E-state index contributed by atoms with van der Waals surface area (Å²) in [6, 6.07) is 5.68. The van der Waals surface area contributed by atoms with Crippen LogP contribution >= 0.6 is 0 Å². The van der Waals surface area contributed by atoms with Gasteiger partial charge in [0.1, 0.15) is 0 Å². The van der Waals surface area contributed by atoms with E-state index in [9.17, 15) is 18.5 Å². The smallest absolute Gasteiger partial charge is 0.258 e. The summed E-state index contributed by atoms with van der Waals surface area (Å²) >= 11 is 0. The highest BCUT2D eigenvalue weighted by molar-refractivity contribution is 7.88. The van der Waals surface area contributed by atoms with Gasteiger partial charge in [-0.15, -0.1) is 0 Å². The summed E-state index contributed by atoms with van der Waals surface area (Å²) in [5, 5.41) is 13.9. The Morgan fingerprint density at radius 1 is 1.50 bits per heavy atom. The van der Waals surface area contributed by atoms with Gasteiger partial charge in [-0.2, -0.15) is 5.10 Å². The van der Waals surface area contributed by atoms with E-state index in [0.717, 1.165) is 6.26 Å². The SMILES string of the molecule is CS(=O)(=O)NN=Cc1cccc([N+](=O)[O-])c1. The lowest BCUT2D eigenvalue weighted by Gasteiger charge is -1.95. The van der Waals surface area contributed by atoms with Crippen molar-refractivity contribution in [2.45, 2.75) is 0 Å². The largest absolute Gasteiger partial charge is 0.270 e. The first-order chi connectivity index (χ1) is 7.38. The Morgan fingerprint density at radius 2 is 2.19 bits per heavy atom. The third kappa shape index (κ3) is 4.05. The summed E-state index contributed by atoms with van der Waals surface area (Å²) in [6.07, 6.45) is 2.14. The Labute approximate surface area is 92.0 Å². The minimum absolute atomic E-state index is 0.0803. The van der Waals surface area contributed by atoms with E-state index in [2.05, 4.69) is 5.10 Å². The average molecular weight is 243 g/mol. The van der Waals surface area contributed by atoms with Crippen LogP contribution in [0.5, 0.6) is 0 Å². The third-order valence-corrected chi connectivity index (χ3v) is 1.95. The van der Waals surface area contributed by atoms with Gasteiger partial charge in [-0.3, -0.25) is 10.1 Å². The number of nitro benzene ring substituents is 1. The fourth-order valence-corrected chi connectivity index (χ4v) is 1.16. The van der Waals surface area contributed by atoms with Crippen molar-refractivity contribution in [1.82, 2.24) is 4.83 Å². The molecule has 1 N–H and O–H groups in total. The van der Waals surface area contributed by atoms with Crippen molar-refractivity contribution in [3.8, 4) is 0 Å². The average Bonchev–Trinajstić information content (AvgIpc) is 2.16. The van der Waals surface area contributed by atoms with Crippen LogP contribution in [0.25, 0.3) is 0 Å². The number of sulfonamides is 1. The molecule has 0 aliphatic carbocycles. The van der Waals surface area contributed by atoms with Crippen LogP contribution in [0.3, 0.4) is 0 Å². The molecule has 8 heteroatoms. The molecule has 1 rings (SSSR count). The number of non-ortho nitro benzene ring substituents is 1. The molecule has 0 aromatic heterocycles. The highest BCUT2D eigenvalue weighted by atomic mass is 32.2. The molecule has 0 aliphatic heterocycles. The number of hydrogen-bond donors (Lipinski definition) is 1. The summed E-state index contributed by atoms with van der Waals surface area (Å²) in [5.74, 6) is 0.